The maximum Gasteiger partial charge on any atom is 0.407 e. The molecule has 1 heterocycles. The number of hydrogen-bond donors (Lipinski definition) is 2. The number of aliphatic hydroxyl groups excluding tert-OH is 1. The number of carbonyl (C=O) groups excluding carboxylic acids is 1. The van der Waals surface area contributed by atoms with Crippen LogP contribution in [0, 0.1) is 5.92 Å². The van der Waals surface area contributed by atoms with Crippen LogP contribution in [0.4, 0.5) is 4.79 Å². The summed E-state index contributed by atoms with van der Waals surface area (Å²) in [6, 6.07) is 0. The fraction of sp³-hybridized carbons (Fsp3) is 0.667. The largest absolute Gasteiger partial charge is 0.444 e. The lowest BCUT2D eigenvalue weighted by atomic mass is 10.1. The standard InChI is InChI=1S/C12H20N2O3S/c1-12(2,3)17-11(16)14-7-9(8-15)6-10-13-4-5-18-10/h4-5,9,15H,6-8H2,1-3H3,(H,14,16). The Morgan fingerprint density at radius 2 is 2.33 bits per heavy atom. The van der Waals surface area contributed by atoms with Crippen molar-refractivity contribution in [3.8, 4) is 0 Å². The van der Waals surface area contributed by atoms with Crippen molar-refractivity contribution in [3.05, 3.63) is 16.6 Å². The Hall–Kier alpha value is -1.14. The maximum atomic E-state index is 11.5. The highest BCUT2D eigenvalue weighted by Crippen LogP contribution is 2.11. The van der Waals surface area contributed by atoms with Crippen LogP contribution in [0.3, 0.4) is 0 Å². The third kappa shape index (κ3) is 5.97. The number of nitrogens with one attached hydrogen (secondary N) is 1. The fourth-order valence-corrected chi connectivity index (χ4v) is 2.08. The van der Waals surface area contributed by atoms with Crippen LogP contribution in [0.25, 0.3) is 0 Å². The van der Waals surface area contributed by atoms with Crippen molar-refractivity contribution in [2.75, 3.05) is 13.2 Å². The van der Waals surface area contributed by atoms with Gasteiger partial charge in [0.2, 0.25) is 0 Å². The van der Waals surface area contributed by atoms with Gasteiger partial charge < -0.3 is 15.2 Å². The Morgan fingerprint density at radius 3 is 2.83 bits per heavy atom. The van der Waals surface area contributed by atoms with E-state index in [4.69, 9.17) is 4.74 Å². The Morgan fingerprint density at radius 1 is 1.61 bits per heavy atom. The van der Waals surface area contributed by atoms with Gasteiger partial charge in [0.05, 0.1) is 5.01 Å². The summed E-state index contributed by atoms with van der Waals surface area (Å²) in [7, 11) is 0. The van der Waals surface area contributed by atoms with Crippen molar-refractivity contribution in [2.24, 2.45) is 5.92 Å². The molecule has 18 heavy (non-hydrogen) atoms. The Kier molecular flexibility index (Phi) is 5.55. The van der Waals surface area contributed by atoms with E-state index in [-0.39, 0.29) is 12.5 Å². The van der Waals surface area contributed by atoms with Crippen LogP contribution in [-0.4, -0.2) is 34.9 Å². The van der Waals surface area contributed by atoms with E-state index in [1.165, 1.54) is 0 Å². The summed E-state index contributed by atoms with van der Waals surface area (Å²) in [6.07, 6.45) is 1.93. The number of carbonyl (C=O) groups is 1. The van der Waals surface area contributed by atoms with Crippen molar-refractivity contribution >= 4 is 17.4 Å². The third-order valence-corrected chi connectivity index (χ3v) is 2.94. The second-order valence-corrected chi connectivity index (χ2v) is 6.04. The molecule has 0 fully saturated rings. The van der Waals surface area contributed by atoms with Crippen molar-refractivity contribution < 1.29 is 14.6 Å². The number of alkyl carbamates (subject to hydrolysis) is 1. The van der Waals surface area contributed by atoms with Gasteiger partial charge in [0, 0.05) is 37.1 Å². The molecule has 1 rings (SSSR count). The molecule has 1 aromatic rings. The lowest BCUT2D eigenvalue weighted by Crippen LogP contribution is -2.36. The summed E-state index contributed by atoms with van der Waals surface area (Å²) in [6.45, 7) is 5.82. The first-order chi connectivity index (χ1) is 8.40. The summed E-state index contributed by atoms with van der Waals surface area (Å²) < 4.78 is 5.12. The van der Waals surface area contributed by atoms with Crippen LogP contribution in [0.15, 0.2) is 11.6 Å². The summed E-state index contributed by atoms with van der Waals surface area (Å²) in [4.78, 5) is 15.6. The minimum Gasteiger partial charge on any atom is -0.444 e. The minimum atomic E-state index is -0.506. The number of amides is 1. The first-order valence-electron chi connectivity index (χ1n) is 5.87. The molecule has 0 saturated heterocycles. The quantitative estimate of drug-likeness (QED) is 0.857. The SMILES string of the molecule is CC(C)(C)OC(=O)NCC(CO)Cc1nccs1. The van der Waals surface area contributed by atoms with Crippen molar-refractivity contribution in [3.63, 3.8) is 0 Å². The number of hydrogen-bond acceptors (Lipinski definition) is 5. The number of aromatic nitrogens is 1. The van der Waals surface area contributed by atoms with E-state index >= 15 is 0 Å². The summed E-state index contributed by atoms with van der Waals surface area (Å²) >= 11 is 1.54. The van der Waals surface area contributed by atoms with Gasteiger partial charge in [0.1, 0.15) is 5.60 Å². The number of aliphatic hydroxyl groups is 1. The Balaban J connectivity index is 2.33. The zero-order chi connectivity index (χ0) is 13.6. The molecule has 0 saturated carbocycles. The van der Waals surface area contributed by atoms with E-state index in [1.807, 2.05) is 26.2 Å². The predicted octanol–water partition coefficient (Wildman–Crippen LogP) is 1.82. The van der Waals surface area contributed by atoms with Gasteiger partial charge in [0.25, 0.3) is 0 Å². The first-order valence-corrected chi connectivity index (χ1v) is 6.75. The van der Waals surface area contributed by atoms with E-state index in [1.54, 1.807) is 17.5 Å². The molecule has 0 bridgehead atoms. The average molecular weight is 272 g/mol. The normalized spacial score (nSPS) is 13.1. The van der Waals surface area contributed by atoms with Gasteiger partial charge in [-0.1, -0.05) is 0 Å². The second-order valence-electron chi connectivity index (χ2n) is 5.06. The monoisotopic (exact) mass is 272 g/mol. The topological polar surface area (TPSA) is 71.5 Å². The summed E-state index contributed by atoms with van der Waals surface area (Å²) in [5, 5.41) is 14.8. The molecule has 0 aliphatic heterocycles. The van der Waals surface area contributed by atoms with Gasteiger partial charge in [-0.15, -0.1) is 11.3 Å². The Bertz CT molecular complexity index is 360. The van der Waals surface area contributed by atoms with Crippen LogP contribution in [0.1, 0.15) is 25.8 Å². The highest BCUT2D eigenvalue weighted by atomic mass is 32.1. The van der Waals surface area contributed by atoms with E-state index in [0.717, 1.165) is 5.01 Å². The lowest BCUT2D eigenvalue weighted by Gasteiger charge is -2.21. The van der Waals surface area contributed by atoms with Gasteiger partial charge in [-0.25, -0.2) is 9.78 Å². The van der Waals surface area contributed by atoms with E-state index in [0.29, 0.717) is 13.0 Å². The molecule has 1 atom stereocenters. The second kappa shape index (κ2) is 6.70. The maximum absolute atomic E-state index is 11.5. The molecule has 0 spiro atoms. The molecular weight excluding hydrogens is 252 g/mol. The molecule has 0 radical (unpaired) electrons. The molecule has 5 nitrogen and oxygen atoms in total. The lowest BCUT2D eigenvalue weighted by molar-refractivity contribution is 0.0512. The molecule has 0 aliphatic carbocycles. The summed E-state index contributed by atoms with van der Waals surface area (Å²) in [5.74, 6) is -0.0383. The van der Waals surface area contributed by atoms with E-state index in [2.05, 4.69) is 10.3 Å². The highest BCUT2D eigenvalue weighted by molar-refractivity contribution is 7.09. The molecule has 1 amide bonds. The van der Waals surface area contributed by atoms with Gasteiger partial charge in [-0.3, -0.25) is 0 Å². The smallest absolute Gasteiger partial charge is 0.407 e. The molecule has 2 N–H and O–H groups in total. The molecule has 1 unspecified atom stereocenters. The number of rotatable bonds is 5. The molecule has 6 heteroatoms. The third-order valence-electron chi connectivity index (χ3n) is 2.14. The molecule has 0 aromatic carbocycles. The van der Waals surface area contributed by atoms with Gasteiger partial charge in [0.15, 0.2) is 0 Å². The van der Waals surface area contributed by atoms with Crippen molar-refractivity contribution in [1.29, 1.82) is 0 Å². The van der Waals surface area contributed by atoms with Crippen molar-refractivity contribution in [2.45, 2.75) is 32.8 Å². The van der Waals surface area contributed by atoms with E-state index in [9.17, 15) is 9.90 Å². The van der Waals surface area contributed by atoms with Crippen LogP contribution in [0.2, 0.25) is 0 Å². The molecule has 1 aromatic heterocycles. The molecular formula is C12H20N2O3S. The van der Waals surface area contributed by atoms with Crippen LogP contribution >= 0.6 is 11.3 Å². The average Bonchev–Trinajstić information content (AvgIpc) is 2.74. The zero-order valence-electron chi connectivity index (χ0n) is 11.0. The van der Waals surface area contributed by atoms with Gasteiger partial charge in [-0.2, -0.15) is 0 Å². The van der Waals surface area contributed by atoms with Gasteiger partial charge in [-0.05, 0) is 20.8 Å². The highest BCUT2D eigenvalue weighted by Gasteiger charge is 2.17. The Labute approximate surface area is 111 Å². The molecule has 0 aliphatic rings. The van der Waals surface area contributed by atoms with Crippen LogP contribution in [-0.2, 0) is 11.2 Å². The van der Waals surface area contributed by atoms with Crippen LogP contribution < -0.4 is 5.32 Å². The van der Waals surface area contributed by atoms with Gasteiger partial charge >= 0.3 is 6.09 Å². The summed E-state index contributed by atoms with van der Waals surface area (Å²) in [5.41, 5.74) is -0.506. The molecule has 102 valence electrons. The zero-order valence-corrected chi connectivity index (χ0v) is 11.8. The number of ether oxygens (including phenoxy) is 1. The number of thiazole rings is 1. The predicted molar refractivity (Wildman–Crippen MR) is 70.6 cm³/mol. The minimum absolute atomic E-state index is 0.00930. The first kappa shape index (κ1) is 14.9. The van der Waals surface area contributed by atoms with Crippen molar-refractivity contribution in [1.82, 2.24) is 10.3 Å². The fourth-order valence-electron chi connectivity index (χ4n) is 1.34. The number of nitrogens with zero attached hydrogens (tertiary/aromatic N) is 1. The van der Waals surface area contributed by atoms with Crippen LogP contribution in [0.5, 0.6) is 0 Å². The van der Waals surface area contributed by atoms with E-state index < -0.39 is 11.7 Å².